The molecule has 120 valence electrons. The minimum absolute atomic E-state index is 0.472. The molecule has 4 nitrogen and oxygen atoms in total. The third-order valence-electron chi connectivity index (χ3n) is 4.18. The van der Waals surface area contributed by atoms with Crippen molar-refractivity contribution in [2.45, 2.75) is 24.9 Å². The Morgan fingerprint density at radius 3 is 2.52 bits per heavy atom. The first-order valence-corrected chi connectivity index (χ1v) is 7.95. The summed E-state index contributed by atoms with van der Waals surface area (Å²) in [4.78, 5) is 4.31. The molecule has 1 aliphatic rings. The number of hydrogen-bond acceptors (Lipinski definition) is 2. The van der Waals surface area contributed by atoms with Crippen LogP contribution in [0.1, 0.15) is 23.5 Å². The summed E-state index contributed by atoms with van der Waals surface area (Å²) in [5, 5.41) is 6.86. The molecule has 0 amide bonds. The summed E-state index contributed by atoms with van der Waals surface area (Å²) in [7, 11) is 3.49. The van der Waals surface area contributed by atoms with E-state index in [4.69, 9.17) is 4.74 Å². The van der Waals surface area contributed by atoms with Gasteiger partial charge in [-0.3, -0.25) is 4.99 Å². The maximum Gasteiger partial charge on any atom is 0.191 e. The maximum absolute atomic E-state index is 5.17. The fraction of sp³-hybridized carbons (Fsp3) is 0.316. The van der Waals surface area contributed by atoms with Crippen molar-refractivity contribution in [3.8, 4) is 5.75 Å². The zero-order chi connectivity index (χ0) is 16.1. The zero-order valence-electron chi connectivity index (χ0n) is 13.6. The lowest BCUT2D eigenvalue weighted by Gasteiger charge is -2.12. The van der Waals surface area contributed by atoms with Gasteiger partial charge in [-0.05, 0) is 29.7 Å². The molecule has 2 atom stereocenters. The first-order chi connectivity index (χ1) is 11.3. The van der Waals surface area contributed by atoms with E-state index in [-0.39, 0.29) is 0 Å². The van der Waals surface area contributed by atoms with Crippen LogP contribution in [0.2, 0.25) is 0 Å². The summed E-state index contributed by atoms with van der Waals surface area (Å²) in [6.45, 7) is 0.742. The normalized spacial score (nSPS) is 20.0. The van der Waals surface area contributed by atoms with Gasteiger partial charge in [0.05, 0.1) is 7.11 Å². The highest BCUT2D eigenvalue weighted by molar-refractivity contribution is 5.80. The van der Waals surface area contributed by atoms with Gasteiger partial charge < -0.3 is 15.4 Å². The molecule has 2 unspecified atom stereocenters. The third kappa shape index (κ3) is 4.03. The number of benzene rings is 2. The molecule has 0 bridgehead atoms. The summed E-state index contributed by atoms with van der Waals surface area (Å²) < 4.78 is 5.17. The highest BCUT2D eigenvalue weighted by Gasteiger charge is 2.38. The summed E-state index contributed by atoms with van der Waals surface area (Å²) >= 11 is 0. The minimum atomic E-state index is 0.472. The second kappa shape index (κ2) is 7.18. The van der Waals surface area contributed by atoms with E-state index in [0.717, 1.165) is 24.7 Å². The van der Waals surface area contributed by atoms with E-state index in [1.54, 1.807) is 7.11 Å². The van der Waals surface area contributed by atoms with Gasteiger partial charge in [0.1, 0.15) is 5.75 Å². The van der Waals surface area contributed by atoms with Crippen molar-refractivity contribution in [3.05, 3.63) is 65.7 Å². The molecule has 1 aliphatic carbocycles. The second-order valence-corrected chi connectivity index (χ2v) is 5.78. The van der Waals surface area contributed by atoms with Crippen LogP contribution in [0.3, 0.4) is 0 Å². The van der Waals surface area contributed by atoms with Crippen LogP contribution < -0.4 is 15.4 Å². The molecule has 0 saturated heterocycles. The van der Waals surface area contributed by atoms with Gasteiger partial charge in [-0.25, -0.2) is 0 Å². The summed E-state index contributed by atoms with van der Waals surface area (Å²) in [5.41, 5.74) is 2.60. The molecule has 0 spiro atoms. The number of nitrogens with one attached hydrogen (secondary N) is 2. The predicted octanol–water partition coefficient (Wildman–Crippen LogP) is 2.92. The molecule has 0 radical (unpaired) electrons. The molecule has 2 N–H and O–H groups in total. The Kier molecular flexibility index (Phi) is 4.81. The minimum Gasteiger partial charge on any atom is -0.497 e. The molecule has 2 aromatic carbocycles. The zero-order valence-corrected chi connectivity index (χ0v) is 13.6. The first-order valence-electron chi connectivity index (χ1n) is 7.95. The van der Waals surface area contributed by atoms with Crippen molar-refractivity contribution in [1.82, 2.24) is 10.6 Å². The van der Waals surface area contributed by atoms with E-state index >= 15 is 0 Å². The lowest BCUT2D eigenvalue weighted by molar-refractivity contribution is 0.414. The van der Waals surface area contributed by atoms with E-state index in [2.05, 4.69) is 58.1 Å². The van der Waals surface area contributed by atoms with Gasteiger partial charge in [-0.15, -0.1) is 0 Å². The van der Waals surface area contributed by atoms with Crippen molar-refractivity contribution in [1.29, 1.82) is 0 Å². The molecule has 0 aromatic heterocycles. The Balaban J connectivity index is 1.49. The van der Waals surface area contributed by atoms with Crippen LogP contribution in [0.4, 0.5) is 0 Å². The van der Waals surface area contributed by atoms with Gasteiger partial charge >= 0.3 is 0 Å². The number of ether oxygens (including phenoxy) is 1. The monoisotopic (exact) mass is 309 g/mol. The van der Waals surface area contributed by atoms with Crippen LogP contribution in [-0.2, 0) is 6.54 Å². The number of aliphatic imine (C=N–C) groups is 1. The van der Waals surface area contributed by atoms with E-state index in [9.17, 15) is 0 Å². The lowest BCUT2D eigenvalue weighted by Crippen LogP contribution is -2.38. The molecule has 1 fully saturated rings. The Hall–Kier alpha value is -2.49. The lowest BCUT2D eigenvalue weighted by atomic mass is 10.1. The van der Waals surface area contributed by atoms with E-state index < -0.39 is 0 Å². The van der Waals surface area contributed by atoms with Crippen LogP contribution in [-0.4, -0.2) is 26.2 Å². The van der Waals surface area contributed by atoms with E-state index in [0.29, 0.717) is 12.0 Å². The van der Waals surface area contributed by atoms with Gasteiger partial charge in [0.2, 0.25) is 0 Å². The predicted molar refractivity (Wildman–Crippen MR) is 93.9 cm³/mol. The van der Waals surface area contributed by atoms with Crippen molar-refractivity contribution >= 4 is 5.96 Å². The second-order valence-electron chi connectivity index (χ2n) is 5.78. The maximum atomic E-state index is 5.17. The number of rotatable bonds is 5. The molecule has 1 saturated carbocycles. The highest BCUT2D eigenvalue weighted by Crippen LogP contribution is 2.40. The van der Waals surface area contributed by atoms with Crippen LogP contribution >= 0.6 is 0 Å². The van der Waals surface area contributed by atoms with Gasteiger partial charge in [0.25, 0.3) is 0 Å². The molecule has 3 rings (SSSR count). The average molecular weight is 309 g/mol. The van der Waals surface area contributed by atoms with Gasteiger partial charge in [0, 0.05) is 25.6 Å². The summed E-state index contributed by atoms with van der Waals surface area (Å²) in [5.74, 6) is 2.32. The molecular weight excluding hydrogens is 286 g/mol. The molecule has 4 heteroatoms. The quantitative estimate of drug-likeness (QED) is 0.659. The molecule has 23 heavy (non-hydrogen) atoms. The van der Waals surface area contributed by atoms with Crippen molar-refractivity contribution in [2.75, 3.05) is 14.2 Å². The van der Waals surface area contributed by atoms with E-state index in [1.807, 2.05) is 19.2 Å². The average Bonchev–Trinajstić information content (AvgIpc) is 3.39. The Morgan fingerprint density at radius 2 is 1.87 bits per heavy atom. The fourth-order valence-corrected chi connectivity index (χ4v) is 2.72. The highest BCUT2D eigenvalue weighted by atomic mass is 16.5. The van der Waals surface area contributed by atoms with E-state index in [1.165, 1.54) is 11.1 Å². The van der Waals surface area contributed by atoms with Crippen LogP contribution in [0, 0.1) is 0 Å². The Bertz CT molecular complexity index is 652. The molecule has 0 aliphatic heterocycles. The topological polar surface area (TPSA) is 45.7 Å². The van der Waals surface area contributed by atoms with Crippen molar-refractivity contribution in [3.63, 3.8) is 0 Å². The number of guanidine groups is 1. The standard InChI is InChI=1S/C19H23N3O/c1-20-19(21-13-14-8-10-16(23-2)11-9-14)22-18-12-17(18)15-6-4-3-5-7-15/h3-11,17-18H,12-13H2,1-2H3,(H2,20,21,22). The van der Waals surface area contributed by atoms with Crippen molar-refractivity contribution in [2.24, 2.45) is 4.99 Å². The number of nitrogens with zero attached hydrogens (tertiary/aromatic N) is 1. The van der Waals surface area contributed by atoms with Crippen LogP contribution in [0.5, 0.6) is 5.75 Å². The van der Waals surface area contributed by atoms with Gasteiger partial charge in [-0.1, -0.05) is 42.5 Å². The third-order valence-corrected chi connectivity index (χ3v) is 4.18. The van der Waals surface area contributed by atoms with Crippen LogP contribution in [0.15, 0.2) is 59.6 Å². The molecular formula is C19H23N3O. The number of hydrogen-bond donors (Lipinski definition) is 2. The molecule has 2 aromatic rings. The summed E-state index contributed by atoms with van der Waals surface area (Å²) in [6, 6.07) is 19.2. The Labute approximate surface area is 137 Å². The van der Waals surface area contributed by atoms with Crippen LogP contribution in [0.25, 0.3) is 0 Å². The fourth-order valence-electron chi connectivity index (χ4n) is 2.72. The largest absolute Gasteiger partial charge is 0.497 e. The SMILES string of the molecule is CN=C(NCc1ccc(OC)cc1)NC1CC1c1ccccc1. The summed E-state index contributed by atoms with van der Waals surface area (Å²) in [6.07, 6.45) is 1.16. The van der Waals surface area contributed by atoms with Gasteiger partial charge in [-0.2, -0.15) is 0 Å². The van der Waals surface area contributed by atoms with Gasteiger partial charge in [0.15, 0.2) is 5.96 Å². The molecule has 0 heterocycles. The smallest absolute Gasteiger partial charge is 0.191 e. The first kappa shape index (κ1) is 15.4. The van der Waals surface area contributed by atoms with Crippen molar-refractivity contribution < 1.29 is 4.74 Å². The Morgan fingerprint density at radius 1 is 1.13 bits per heavy atom. The number of methoxy groups -OCH3 is 1.